The highest BCUT2D eigenvalue weighted by Crippen LogP contribution is 2.39. The van der Waals surface area contributed by atoms with Crippen LogP contribution in [0, 0.1) is 11.6 Å². The fraction of sp³-hybridized carbons (Fsp3) is 0.0588. The quantitative estimate of drug-likeness (QED) is 0.729. The van der Waals surface area contributed by atoms with Crippen LogP contribution in [-0.2, 0) is 6.18 Å². The van der Waals surface area contributed by atoms with Gasteiger partial charge >= 0.3 is 6.18 Å². The van der Waals surface area contributed by atoms with Gasteiger partial charge in [-0.1, -0.05) is 0 Å². The van der Waals surface area contributed by atoms with E-state index >= 15 is 0 Å². The van der Waals surface area contributed by atoms with Crippen molar-refractivity contribution in [2.24, 2.45) is 0 Å². The second kappa shape index (κ2) is 5.46. The summed E-state index contributed by atoms with van der Waals surface area (Å²) in [5, 5.41) is 12.6. The smallest absolute Gasteiger partial charge is 0.416 e. The zero-order valence-corrected chi connectivity index (χ0v) is 12.9. The van der Waals surface area contributed by atoms with Gasteiger partial charge in [0.2, 0.25) is 5.88 Å². The molecular weight excluding hydrogens is 357 g/mol. The van der Waals surface area contributed by atoms with Gasteiger partial charge < -0.3 is 5.11 Å². The van der Waals surface area contributed by atoms with Crippen LogP contribution in [0.2, 0.25) is 0 Å². The van der Waals surface area contributed by atoms with Gasteiger partial charge in [0.1, 0.15) is 23.0 Å². The van der Waals surface area contributed by atoms with Gasteiger partial charge in [-0.3, -0.25) is 0 Å². The highest BCUT2D eigenvalue weighted by molar-refractivity contribution is 5.79. The molecule has 26 heavy (non-hydrogen) atoms. The Hall–Kier alpha value is -3.07. The van der Waals surface area contributed by atoms with Crippen molar-refractivity contribution in [1.82, 2.24) is 5.53 Å². The number of nitrogens with one attached hydrogen (secondary N) is 1. The average Bonchev–Trinajstić information content (AvgIpc) is 2.94. The van der Waals surface area contributed by atoms with E-state index in [9.17, 15) is 27.1 Å². The number of aliphatic hydroxyl groups excluding tert-OH is 1. The Bertz CT molecular complexity index is 950. The molecule has 0 saturated heterocycles. The number of aliphatic hydroxyl groups is 1. The van der Waals surface area contributed by atoms with Crippen molar-refractivity contribution in [2.75, 3.05) is 10.0 Å². The topological polar surface area (TPSA) is 38.7 Å². The standard InChI is InChI=1S/C17H10F5N3O/c18-12-6-7-13(19)15-11(12)5-8-14-16(26)24(23-25(14)15)10-3-1-9(2-4-10)17(20,21)22/h1-8,23,26H. The van der Waals surface area contributed by atoms with E-state index in [4.69, 9.17) is 0 Å². The van der Waals surface area contributed by atoms with Crippen molar-refractivity contribution < 1.29 is 27.1 Å². The molecular formula is C17H10F5N3O. The fourth-order valence-corrected chi connectivity index (χ4v) is 2.82. The normalized spacial score (nSPS) is 16.2. The summed E-state index contributed by atoms with van der Waals surface area (Å²) < 4.78 is 66.2. The fourth-order valence-electron chi connectivity index (χ4n) is 2.82. The second-order valence-electron chi connectivity index (χ2n) is 5.65. The van der Waals surface area contributed by atoms with E-state index in [2.05, 4.69) is 5.53 Å². The minimum absolute atomic E-state index is 0.0108. The first kappa shape index (κ1) is 16.4. The third-order valence-corrected chi connectivity index (χ3v) is 4.08. The van der Waals surface area contributed by atoms with Crippen LogP contribution in [0.25, 0.3) is 6.08 Å². The number of allylic oxidation sites excluding steroid dienone is 1. The van der Waals surface area contributed by atoms with E-state index in [-0.39, 0.29) is 28.5 Å². The first-order valence-electron chi connectivity index (χ1n) is 7.40. The van der Waals surface area contributed by atoms with E-state index in [0.29, 0.717) is 0 Å². The molecule has 2 aliphatic rings. The molecule has 0 spiro atoms. The number of benzene rings is 2. The lowest BCUT2D eigenvalue weighted by Gasteiger charge is -2.27. The van der Waals surface area contributed by atoms with Crippen molar-refractivity contribution in [3.05, 3.63) is 76.8 Å². The molecule has 0 atom stereocenters. The summed E-state index contributed by atoms with van der Waals surface area (Å²) in [5.41, 5.74) is 1.97. The van der Waals surface area contributed by atoms with Gasteiger partial charge in [0.05, 0.1) is 11.3 Å². The lowest BCUT2D eigenvalue weighted by molar-refractivity contribution is -0.137. The van der Waals surface area contributed by atoms with Gasteiger partial charge in [0.15, 0.2) is 0 Å². The predicted octanol–water partition coefficient (Wildman–Crippen LogP) is 4.48. The summed E-state index contributed by atoms with van der Waals surface area (Å²) in [7, 11) is 0. The van der Waals surface area contributed by atoms with E-state index in [1.807, 2.05) is 0 Å². The number of hydrogen-bond donors (Lipinski definition) is 2. The zero-order chi connectivity index (χ0) is 18.6. The van der Waals surface area contributed by atoms with Crippen LogP contribution >= 0.6 is 0 Å². The summed E-state index contributed by atoms with van der Waals surface area (Å²) in [5.74, 6) is -1.74. The van der Waals surface area contributed by atoms with E-state index in [1.54, 1.807) is 0 Å². The number of hydrazine groups is 2. The molecule has 0 aliphatic carbocycles. The molecule has 0 aromatic heterocycles. The van der Waals surface area contributed by atoms with E-state index in [1.165, 1.54) is 12.2 Å². The summed E-state index contributed by atoms with van der Waals surface area (Å²) >= 11 is 0. The monoisotopic (exact) mass is 367 g/mol. The Morgan fingerprint density at radius 1 is 0.846 bits per heavy atom. The highest BCUT2D eigenvalue weighted by Gasteiger charge is 2.36. The Kier molecular flexibility index (Phi) is 3.45. The van der Waals surface area contributed by atoms with Gasteiger partial charge in [0, 0.05) is 5.56 Å². The SMILES string of the molecule is OC1=C2C=Cc3c(F)ccc(F)c3N2NN1c1ccc(C(F)(F)F)cc1. The lowest BCUT2D eigenvalue weighted by atomic mass is 10.1. The van der Waals surface area contributed by atoms with Crippen molar-refractivity contribution in [1.29, 1.82) is 0 Å². The molecule has 0 bridgehead atoms. The Balaban J connectivity index is 1.73. The van der Waals surface area contributed by atoms with Gasteiger partial charge in [-0.05, 0) is 48.6 Å². The number of alkyl halides is 3. The van der Waals surface area contributed by atoms with Gasteiger partial charge in [-0.2, -0.15) is 13.2 Å². The molecule has 0 fully saturated rings. The maximum Gasteiger partial charge on any atom is 0.416 e. The van der Waals surface area contributed by atoms with Crippen molar-refractivity contribution >= 4 is 17.5 Å². The molecule has 2 N–H and O–H groups in total. The molecule has 0 unspecified atom stereocenters. The third kappa shape index (κ3) is 2.39. The van der Waals surface area contributed by atoms with Crippen LogP contribution in [-0.4, -0.2) is 5.11 Å². The molecule has 2 aliphatic heterocycles. The molecule has 9 heteroatoms. The molecule has 0 radical (unpaired) electrons. The molecule has 0 saturated carbocycles. The van der Waals surface area contributed by atoms with Crippen LogP contribution in [0.5, 0.6) is 0 Å². The molecule has 2 aromatic carbocycles. The molecule has 0 amide bonds. The second-order valence-corrected chi connectivity index (χ2v) is 5.65. The van der Waals surface area contributed by atoms with Crippen molar-refractivity contribution in [2.45, 2.75) is 6.18 Å². The van der Waals surface area contributed by atoms with Crippen LogP contribution in [0.15, 0.2) is 54.1 Å². The van der Waals surface area contributed by atoms with Gasteiger partial charge in [-0.15, -0.1) is 5.53 Å². The predicted molar refractivity (Wildman–Crippen MR) is 84.6 cm³/mol. The maximum atomic E-state index is 14.2. The average molecular weight is 367 g/mol. The molecule has 4 rings (SSSR count). The Labute approximate surface area is 144 Å². The summed E-state index contributed by atoms with van der Waals surface area (Å²) in [6.07, 6.45) is -1.80. The van der Waals surface area contributed by atoms with E-state index in [0.717, 1.165) is 46.4 Å². The largest absolute Gasteiger partial charge is 0.492 e. The van der Waals surface area contributed by atoms with Crippen LogP contribution < -0.4 is 15.6 Å². The van der Waals surface area contributed by atoms with E-state index < -0.39 is 23.4 Å². The van der Waals surface area contributed by atoms with Crippen molar-refractivity contribution in [3.8, 4) is 0 Å². The third-order valence-electron chi connectivity index (χ3n) is 4.08. The first-order chi connectivity index (χ1) is 12.3. The van der Waals surface area contributed by atoms with Gasteiger partial charge in [0.25, 0.3) is 0 Å². The van der Waals surface area contributed by atoms with Crippen LogP contribution in [0.1, 0.15) is 11.1 Å². The first-order valence-corrected chi connectivity index (χ1v) is 7.40. The summed E-state index contributed by atoms with van der Waals surface area (Å²) in [6.45, 7) is 0. The summed E-state index contributed by atoms with van der Waals surface area (Å²) in [4.78, 5) is 0. The number of halogens is 5. The molecule has 134 valence electrons. The minimum Gasteiger partial charge on any atom is -0.492 e. The molecule has 2 heterocycles. The highest BCUT2D eigenvalue weighted by atomic mass is 19.4. The number of nitrogens with zero attached hydrogens (tertiary/aromatic N) is 2. The molecule has 4 nitrogen and oxygen atoms in total. The Morgan fingerprint density at radius 3 is 2.15 bits per heavy atom. The summed E-state index contributed by atoms with van der Waals surface area (Å²) in [6, 6.07) is 5.95. The van der Waals surface area contributed by atoms with Gasteiger partial charge in [-0.25, -0.2) is 18.8 Å². The Morgan fingerprint density at radius 2 is 1.50 bits per heavy atom. The zero-order valence-electron chi connectivity index (χ0n) is 12.9. The number of anilines is 2. The number of fused-ring (bicyclic) bond motifs is 3. The van der Waals surface area contributed by atoms with Crippen LogP contribution in [0.4, 0.5) is 33.3 Å². The van der Waals surface area contributed by atoms with Crippen molar-refractivity contribution in [3.63, 3.8) is 0 Å². The number of hydrogen-bond acceptors (Lipinski definition) is 4. The number of rotatable bonds is 1. The maximum absolute atomic E-state index is 14.2. The molecule has 2 aromatic rings. The van der Waals surface area contributed by atoms with Crippen LogP contribution in [0.3, 0.4) is 0 Å². The lowest BCUT2D eigenvalue weighted by Crippen LogP contribution is -2.43. The minimum atomic E-state index is -4.49.